The number of carbonyl (C=O) groups excluding carboxylic acids is 1. The third-order valence-corrected chi connectivity index (χ3v) is 10.1. The van der Waals surface area contributed by atoms with Crippen LogP contribution in [0, 0.1) is 46.3 Å². The predicted molar refractivity (Wildman–Crippen MR) is 112 cm³/mol. The molecule has 1 N–H and O–H groups in total. The lowest BCUT2D eigenvalue weighted by molar-refractivity contribution is -0.116. The molecule has 8 atom stereocenters. The van der Waals surface area contributed by atoms with Gasteiger partial charge in [0.2, 0.25) is 5.91 Å². The van der Waals surface area contributed by atoms with E-state index >= 15 is 0 Å². The van der Waals surface area contributed by atoms with E-state index in [-0.39, 0.29) is 5.91 Å². The van der Waals surface area contributed by atoms with Crippen molar-refractivity contribution in [1.29, 1.82) is 0 Å². The molecule has 0 aliphatic heterocycles. The number of hydrogen-bond acceptors (Lipinski definition) is 1. The maximum Gasteiger partial charge on any atom is 0.243 e. The monoisotopic (exact) mass is 371 g/mol. The van der Waals surface area contributed by atoms with Crippen LogP contribution < -0.4 is 5.32 Å². The van der Waals surface area contributed by atoms with E-state index < -0.39 is 0 Å². The average molecular weight is 372 g/mol. The number of amides is 1. The lowest BCUT2D eigenvalue weighted by atomic mass is 9.44. The number of nitrogens with one attached hydrogen (secondary N) is 1. The highest BCUT2D eigenvalue weighted by atomic mass is 16.1. The van der Waals surface area contributed by atoms with E-state index in [1.54, 1.807) is 13.1 Å². The van der Waals surface area contributed by atoms with Gasteiger partial charge in [0.15, 0.2) is 0 Å². The molecular weight excluding hydrogens is 330 g/mol. The zero-order valence-corrected chi connectivity index (χ0v) is 18.1. The van der Waals surface area contributed by atoms with Gasteiger partial charge in [0.1, 0.15) is 0 Å². The molecule has 1 amide bonds. The van der Waals surface area contributed by atoms with Crippen molar-refractivity contribution in [2.24, 2.45) is 46.3 Å². The molecule has 4 fully saturated rings. The Morgan fingerprint density at radius 3 is 2.52 bits per heavy atom. The molecule has 4 saturated carbocycles. The van der Waals surface area contributed by atoms with E-state index in [2.05, 4.69) is 32.2 Å². The van der Waals surface area contributed by atoms with Gasteiger partial charge in [-0.25, -0.2) is 0 Å². The van der Waals surface area contributed by atoms with Gasteiger partial charge in [-0.3, -0.25) is 4.79 Å². The minimum atomic E-state index is 0.0359. The van der Waals surface area contributed by atoms with E-state index in [0.29, 0.717) is 16.7 Å². The Balaban J connectivity index is 1.53. The number of carbonyl (C=O) groups is 1. The SMILES string of the molecule is CNC(=O)C=C[C@@H](C)[C@H]1CC[C@H]2[C@@H]3CCC4CCCC[C@]4(C)[C@H]3CC[C@]12C. The van der Waals surface area contributed by atoms with Crippen molar-refractivity contribution in [3.8, 4) is 0 Å². The van der Waals surface area contributed by atoms with Crippen molar-refractivity contribution in [1.82, 2.24) is 5.32 Å². The number of allylic oxidation sites excluding steroid dienone is 1. The molecule has 0 radical (unpaired) electrons. The van der Waals surface area contributed by atoms with Crippen molar-refractivity contribution in [3.05, 3.63) is 12.2 Å². The van der Waals surface area contributed by atoms with Crippen LogP contribution in [0.25, 0.3) is 0 Å². The normalized spacial score (nSPS) is 47.8. The largest absolute Gasteiger partial charge is 0.356 e. The number of rotatable bonds is 3. The van der Waals surface area contributed by atoms with Crippen LogP contribution in [-0.2, 0) is 4.79 Å². The first-order chi connectivity index (χ1) is 12.9. The van der Waals surface area contributed by atoms with Crippen molar-refractivity contribution in [3.63, 3.8) is 0 Å². The fourth-order valence-electron chi connectivity index (χ4n) is 8.66. The van der Waals surface area contributed by atoms with Gasteiger partial charge in [-0.05, 0) is 104 Å². The first-order valence-electron chi connectivity index (χ1n) is 11.8. The van der Waals surface area contributed by atoms with E-state index in [4.69, 9.17) is 0 Å². The second-order valence-corrected chi connectivity index (χ2v) is 11.0. The highest BCUT2D eigenvalue weighted by Crippen LogP contribution is 2.68. The first-order valence-corrected chi connectivity index (χ1v) is 11.8. The summed E-state index contributed by atoms with van der Waals surface area (Å²) in [4.78, 5) is 11.7. The van der Waals surface area contributed by atoms with Crippen molar-refractivity contribution >= 4 is 5.91 Å². The predicted octanol–water partition coefficient (Wildman–Crippen LogP) is 5.97. The van der Waals surface area contributed by atoms with Crippen LogP contribution in [0.5, 0.6) is 0 Å². The van der Waals surface area contributed by atoms with Crippen LogP contribution in [0.15, 0.2) is 12.2 Å². The van der Waals surface area contributed by atoms with E-state index in [1.165, 1.54) is 64.2 Å². The van der Waals surface area contributed by atoms with Gasteiger partial charge >= 0.3 is 0 Å². The smallest absolute Gasteiger partial charge is 0.243 e. The molecule has 1 unspecified atom stereocenters. The molecule has 4 rings (SSSR count). The molecule has 152 valence electrons. The third-order valence-electron chi connectivity index (χ3n) is 10.1. The number of likely N-dealkylation sites (N-methyl/N-ethyl adjacent to an activating group) is 1. The molecule has 0 bridgehead atoms. The minimum absolute atomic E-state index is 0.0359. The van der Waals surface area contributed by atoms with E-state index in [9.17, 15) is 4.79 Å². The third kappa shape index (κ3) is 3.10. The van der Waals surface area contributed by atoms with Gasteiger partial charge in [0.25, 0.3) is 0 Å². The Labute approximate surface area is 166 Å². The Morgan fingerprint density at radius 1 is 0.963 bits per heavy atom. The van der Waals surface area contributed by atoms with Crippen LogP contribution in [-0.4, -0.2) is 13.0 Å². The molecule has 0 aromatic heterocycles. The highest BCUT2D eigenvalue weighted by molar-refractivity contribution is 5.87. The second kappa shape index (κ2) is 7.23. The van der Waals surface area contributed by atoms with Gasteiger partial charge in [0, 0.05) is 7.05 Å². The fourth-order valence-corrected chi connectivity index (χ4v) is 8.66. The fraction of sp³-hybridized carbons (Fsp3) is 0.880. The quantitative estimate of drug-likeness (QED) is 0.608. The summed E-state index contributed by atoms with van der Waals surface area (Å²) in [5.74, 6) is 5.21. The molecule has 2 nitrogen and oxygen atoms in total. The Morgan fingerprint density at radius 2 is 1.74 bits per heavy atom. The van der Waals surface area contributed by atoms with Crippen LogP contribution in [0.3, 0.4) is 0 Å². The molecule has 2 heteroatoms. The zero-order chi connectivity index (χ0) is 19.2. The molecule has 0 aromatic rings. The second-order valence-electron chi connectivity index (χ2n) is 11.0. The summed E-state index contributed by atoms with van der Waals surface area (Å²) in [6.07, 6.45) is 18.6. The van der Waals surface area contributed by atoms with Gasteiger partial charge in [-0.15, -0.1) is 0 Å². The highest BCUT2D eigenvalue weighted by Gasteiger charge is 2.59. The van der Waals surface area contributed by atoms with Crippen molar-refractivity contribution < 1.29 is 4.79 Å². The van der Waals surface area contributed by atoms with Crippen molar-refractivity contribution in [2.75, 3.05) is 7.05 Å². The van der Waals surface area contributed by atoms with E-state index in [1.807, 2.05) is 0 Å². The van der Waals surface area contributed by atoms with Crippen molar-refractivity contribution in [2.45, 2.75) is 85.0 Å². The minimum Gasteiger partial charge on any atom is -0.356 e. The number of hydrogen-bond donors (Lipinski definition) is 1. The van der Waals surface area contributed by atoms with Gasteiger partial charge in [-0.1, -0.05) is 39.7 Å². The molecule has 0 aromatic carbocycles. The molecule has 0 saturated heterocycles. The average Bonchev–Trinajstić information content (AvgIpc) is 3.02. The van der Waals surface area contributed by atoms with Gasteiger partial charge in [-0.2, -0.15) is 0 Å². The lowest BCUT2D eigenvalue weighted by Gasteiger charge is -2.60. The summed E-state index contributed by atoms with van der Waals surface area (Å²) in [6.45, 7) is 7.64. The summed E-state index contributed by atoms with van der Waals surface area (Å²) >= 11 is 0. The first kappa shape index (κ1) is 19.5. The molecule has 0 spiro atoms. The lowest BCUT2D eigenvalue weighted by Crippen LogP contribution is -2.53. The standard InChI is InChI=1S/C25H41NO/c1-17(8-13-23(27)26-4)20-11-12-21-19-10-9-18-7-5-6-15-24(18,2)22(19)14-16-25(20,21)3/h8,13,17-22H,5-7,9-12,14-16H2,1-4H3,(H,26,27)/t17-,18?,19+,20-,21+,22+,24+,25-/m1/s1. The van der Waals surface area contributed by atoms with Crippen LogP contribution in [0.4, 0.5) is 0 Å². The van der Waals surface area contributed by atoms with Crippen LogP contribution >= 0.6 is 0 Å². The molecule has 4 aliphatic rings. The molecule has 4 aliphatic carbocycles. The molecular formula is C25H41NO. The molecule has 0 heterocycles. The van der Waals surface area contributed by atoms with E-state index in [0.717, 1.165) is 29.6 Å². The summed E-state index contributed by atoms with van der Waals surface area (Å²) in [6, 6.07) is 0. The molecule has 27 heavy (non-hydrogen) atoms. The zero-order valence-electron chi connectivity index (χ0n) is 18.1. The summed E-state index contributed by atoms with van der Waals surface area (Å²) in [5, 5.41) is 2.72. The van der Waals surface area contributed by atoms with Gasteiger partial charge in [0.05, 0.1) is 0 Å². The summed E-state index contributed by atoms with van der Waals surface area (Å²) in [5.41, 5.74) is 1.14. The maximum absolute atomic E-state index is 11.7. The van der Waals surface area contributed by atoms with Crippen LogP contribution in [0.1, 0.15) is 85.0 Å². The number of fused-ring (bicyclic) bond motifs is 5. The van der Waals surface area contributed by atoms with Crippen LogP contribution in [0.2, 0.25) is 0 Å². The maximum atomic E-state index is 11.7. The topological polar surface area (TPSA) is 29.1 Å². The Kier molecular flexibility index (Phi) is 5.23. The Bertz CT molecular complexity index is 597. The Hall–Kier alpha value is -0.790. The summed E-state index contributed by atoms with van der Waals surface area (Å²) in [7, 11) is 1.72. The summed E-state index contributed by atoms with van der Waals surface area (Å²) < 4.78 is 0. The van der Waals surface area contributed by atoms with Gasteiger partial charge < -0.3 is 5.32 Å².